The fraction of sp³-hybridized carbons (Fsp3) is 0.800. The number of hydrogen-bond donors (Lipinski definition) is 0. The molecule has 2 aliphatic carbocycles. The predicted octanol–water partition coefficient (Wildman–Crippen LogP) is 4.27. The maximum atomic E-state index is 12.2. The molecular weight excluding hydrogens is 196 g/mol. The first-order chi connectivity index (χ1) is 7.83. The van der Waals surface area contributed by atoms with Crippen molar-refractivity contribution in [2.45, 2.75) is 64.7 Å². The molecule has 0 aromatic rings. The zero-order valence-corrected chi connectivity index (χ0v) is 10.5. The SMILES string of the molecule is CCCCCC1=CC2CCCCCC2C1=O. The van der Waals surface area contributed by atoms with E-state index in [1.807, 2.05) is 0 Å². The first kappa shape index (κ1) is 11.9. The molecule has 2 rings (SSSR count). The van der Waals surface area contributed by atoms with E-state index < -0.39 is 0 Å². The molecule has 2 atom stereocenters. The Kier molecular flexibility index (Phi) is 4.20. The smallest absolute Gasteiger partial charge is 0.162 e. The third-order valence-corrected chi connectivity index (χ3v) is 4.19. The third-order valence-electron chi connectivity index (χ3n) is 4.19. The zero-order chi connectivity index (χ0) is 11.4. The standard InChI is InChI=1S/C15H24O/c1-2-3-5-9-13-11-12-8-6-4-7-10-14(12)15(13)16/h11-12,14H,2-10H2,1H3. The van der Waals surface area contributed by atoms with Crippen LogP contribution in [0.15, 0.2) is 11.6 Å². The van der Waals surface area contributed by atoms with Crippen molar-refractivity contribution in [1.29, 1.82) is 0 Å². The van der Waals surface area contributed by atoms with Crippen LogP contribution in [-0.2, 0) is 4.79 Å². The summed E-state index contributed by atoms with van der Waals surface area (Å²) in [5.41, 5.74) is 1.17. The molecule has 0 bridgehead atoms. The summed E-state index contributed by atoms with van der Waals surface area (Å²) in [5, 5.41) is 0. The predicted molar refractivity (Wildman–Crippen MR) is 67.3 cm³/mol. The van der Waals surface area contributed by atoms with Gasteiger partial charge < -0.3 is 0 Å². The second-order valence-electron chi connectivity index (χ2n) is 5.42. The summed E-state index contributed by atoms with van der Waals surface area (Å²) in [6.07, 6.45) is 13.4. The highest BCUT2D eigenvalue weighted by molar-refractivity contribution is 5.99. The van der Waals surface area contributed by atoms with Crippen LogP contribution in [0, 0.1) is 11.8 Å². The van der Waals surface area contributed by atoms with Gasteiger partial charge in [-0.2, -0.15) is 0 Å². The number of ketones is 1. The summed E-state index contributed by atoms with van der Waals surface area (Å²) in [6.45, 7) is 2.22. The van der Waals surface area contributed by atoms with E-state index >= 15 is 0 Å². The van der Waals surface area contributed by atoms with Crippen molar-refractivity contribution >= 4 is 5.78 Å². The van der Waals surface area contributed by atoms with E-state index in [1.54, 1.807) is 0 Å². The zero-order valence-electron chi connectivity index (χ0n) is 10.5. The van der Waals surface area contributed by atoms with Crippen molar-refractivity contribution in [2.24, 2.45) is 11.8 Å². The van der Waals surface area contributed by atoms with E-state index in [0.717, 1.165) is 12.8 Å². The molecule has 16 heavy (non-hydrogen) atoms. The average molecular weight is 220 g/mol. The van der Waals surface area contributed by atoms with E-state index in [-0.39, 0.29) is 0 Å². The quantitative estimate of drug-likeness (QED) is 0.646. The number of rotatable bonds is 4. The molecule has 0 N–H and O–H groups in total. The van der Waals surface area contributed by atoms with Gasteiger partial charge in [0, 0.05) is 5.92 Å². The second kappa shape index (κ2) is 5.65. The molecule has 90 valence electrons. The summed E-state index contributed by atoms with van der Waals surface area (Å²) in [4.78, 5) is 12.2. The van der Waals surface area contributed by atoms with E-state index in [9.17, 15) is 4.79 Å². The van der Waals surface area contributed by atoms with Gasteiger partial charge in [0.1, 0.15) is 0 Å². The molecule has 0 spiro atoms. The molecular formula is C15H24O. The lowest BCUT2D eigenvalue weighted by Gasteiger charge is -2.13. The molecule has 0 aromatic heterocycles. The first-order valence-electron chi connectivity index (χ1n) is 7.08. The molecule has 0 aromatic carbocycles. The molecule has 1 saturated carbocycles. The number of hydrogen-bond acceptors (Lipinski definition) is 1. The molecule has 2 unspecified atom stereocenters. The van der Waals surface area contributed by atoms with Crippen LogP contribution in [-0.4, -0.2) is 5.78 Å². The van der Waals surface area contributed by atoms with Gasteiger partial charge in [-0.15, -0.1) is 0 Å². The number of unbranched alkanes of at least 4 members (excludes halogenated alkanes) is 2. The summed E-state index contributed by atoms with van der Waals surface area (Å²) in [6, 6.07) is 0. The Morgan fingerprint density at radius 1 is 1.19 bits per heavy atom. The number of fused-ring (bicyclic) bond motifs is 1. The van der Waals surface area contributed by atoms with Crippen molar-refractivity contribution in [1.82, 2.24) is 0 Å². The van der Waals surface area contributed by atoms with Crippen LogP contribution in [0.1, 0.15) is 64.7 Å². The molecule has 0 heterocycles. The van der Waals surface area contributed by atoms with Crippen molar-refractivity contribution in [2.75, 3.05) is 0 Å². The Hall–Kier alpha value is -0.590. The minimum Gasteiger partial charge on any atom is -0.294 e. The van der Waals surface area contributed by atoms with Gasteiger partial charge >= 0.3 is 0 Å². The van der Waals surface area contributed by atoms with Crippen molar-refractivity contribution in [3.05, 3.63) is 11.6 Å². The van der Waals surface area contributed by atoms with Gasteiger partial charge in [-0.25, -0.2) is 0 Å². The molecule has 1 nitrogen and oxygen atoms in total. The topological polar surface area (TPSA) is 17.1 Å². The number of allylic oxidation sites excluding steroid dienone is 2. The van der Waals surface area contributed by atoms with Gasteiger partial charge in [-0.05, 0) is 37.2 Å². The summed E-state index contributed by atoms with van der Waals surface area (Å²) in [5.74, 6) is 1.48. The minimum atomic E-state index is 0.374. The van der Waals surface area contributed by atoms with Gasteiger partial charge in [-0.1, -0.05) is 45.1 Å². The number of carbonyl (C=O) groups excluding carboxylic acids is 1. The van der Waals surface area contributed by atoms with Gasteiger partial charge in [0.15, 0.2) is 5.78 Å². The molecule has 0 saturated heterocycles. The van der Waals surface area contributed by atoms with Gasteiger partial charge in [-0.3, -0.25) is 4.79 Å². The van der Waals surface area contributed by atoms with Crippen LogP contribution in [0.5, 0.6) is 0 Å². The molecule has 1 heteroatoms. The van der Waals surface area contributed by atoms with Gasteiger partial charge in [0.2, 0.25) is 0 Å². The lowest BCUT2D eigenvalue weighted by atomic mass is 9.90. The van der Waals surface area contributed by atoms with Crippen molar-refractivity contribution < 1.29 is 4.79 Å². The van der Waals surface area contributed by atoms with Crippen LogP contribution >= 0.6 is 0 Å². The summed E-state index contributed by atoms with van der Waals surface area (Å²) in [7, 11) is 0. The Balaban J connectivity index is 1.94. The first-order valence-corrected chi connectivity index (χ1v) is 7.08. The number of carbonyl (C=O) groups is 1. The van der Waals surface area contributed by atoms with Crippen LogP contribution in [0.2, 0.25) is 0 Å². The fourth-order valence-electron chi connectivity index (χ4n) is 3.21. The van der Waals surface area contributed by atoms with Crippen LogP contribution < -0.4 is 0 Å². The Bertz CT molecular complexity index is 277. The highest BCUT2D eigenvalue weighted by atomic mass is 16.1. The van der Waals surface area contributed by atoms with E-state index in [0.29, 0.717) is 17.6 Å². The highest BCUT2D eigenvalue weighted by Gasteiger charge is 2.35. The van der Waals surface area contributed by atoms with E-state index in [1.165, 1.54) is 50.5 Å². The van der Waals surface area contributed by atoms with Crippen LogP contribution in [0.3, 0.4) is 0 Å². The molecule has 2 aliphatic rings. The Labute approximate surface area is 99.3 Å². The van der Waals surface area contributed by atoms with Gasteiger partial charge in [0.25, 0.3) is 0 Å². The lowest BCUT2D eigenvalue weighted by molar-refractivity contribution is -0.119. The third kappa shape index (κ3) is 2.56. The molecule has 0 aliphatic heterocycles. The summed E-state index contributed by atoms with van der Waals surface area (Å²) < 4.78 is 0. The number of Topliss-reactive ketones (excluding diaryl/α,β-unsaturated/α-hetero) is 1. The largest absolute Gasteiger partial charge is 0.294 e. The lowest BCUT2D eigenvalue weighted by Crippen LogP contribution is -2.15. The Morgan fingerprint density at radius 2 is 2.00 bits per heavy atom. The molecule has 1 fully saturated rings. The van der Waals surface area contributed by atoms with E-state index in [2.05, 4.69) is 13.0 Å². The normalized spacial score (nSPS) is 29.8. The van der Waals surface area contributed by atoms with Gasteiger partial charge in [0.05, 0.1) is 0 Å². The molecule has 0 radical (unpaired) electrons. The van der Waals surface area contributed by atoms with Crippen LogP contribution in [0.4, 0.5) is 0 Å². The Morgan fingerprint density at radius 3 is 2.81 bits per heavy atom. The maximum Gasteiger partial charge on any atom is 0.162 e. The maximum absolute atomic E-state index is 12.2. The second-order valence-corrected chi connectivity index (χ2v) is 5.42. The van der Waals surface area contributed by atoms with Crippen molar-refractivity contribution in [3.63, 3.8) is 0 Å². The summed E-state index contributed by atoms with van der Waals surface area (Å²) >= 11 is 0. The van der Waals surface area contributed by atoms with Crippen LogP contribution in [0.25, 0.3) is 0 Å². The highest BCUT2D eigenvalue weighted by Crippen LogP contribution is 2.38. The monoisotopic (exact) mass is 220 g/mol. The van der Waals surface area contributed by atoms with Crippen molar-refractivity contribution in [3.8, 4) is 0 Å². The average Bonchev–Trinajstić information content (AvgIpc) is 2.49. The molecule has 0 amide bonds. The van der Waals surface area contributed by atoms with E-state index in [4.69, 9.17) is 0 Å². The minimum absolute atomic E-state index is 0.374. The fourth-order valence-corrected chi connectivity index (χ4v) is 3.21.